The van der Waals surface area contributed by atoms with E-state index in [4.69, 9.17) is 5.11 Å². The first-order valence-corrected chi connectivity index (χ1v) is 26.9. The number of allylic oxidation sites excluding steroid dienone is 1. The number of hydrogen-bond donors (Lipinski definition) is 2. The summed E-state index contributed by atoms with van der Waals surface area (Å²) in [6.45, 7) is 32.7. The summed E-state index contributed by atoms with van der Waals surface area (Å²) in [4.78, 5) is 42.8. The van der Waals surface area contributed by atoms with Crippen molar-refractivity contribution in [3.63, 3.8) is 0 Å². The van der Waals surface area contributed by atoms with Gasteiger partial charge >= 0.3 is 5.97 Å². The van der Waals surface area contributed by atoms with Crippen LogP contribution >= 0.6 is 64.8 Å². The standard InChI is InChI=1S/C7H12O2.C7H16S2.C6H9NO2.C6H14S2.C5H10N2O.C5H12S2.C4H7N3/c1-3-4-6(2)5-7(8)9;1-5-7(3,4)9-8-6-2;1-4-3-5(8)7(2)6(4)9;1-4-6(3)8-7-5-2;1-4(2)6-7-5(3)8;1-3-5-7-6-4-2;1-4-3-7(2)6-5-4/h5H,3-4H2,1-2H3,(H,8,9);5-6H2,1-4H3;4H,3H2,1-2H3;6H,4-5H2,1-3H3;1-3H3,(H,7,8);3-5H2,1-2H3;3H,1-2H3. The first kappa shape index (κ1) is 64.9. The van der Waals surface area contributed by atoms with Gasteiger partial charge in [0.2, 0.25) is 17.7 Å². The minimum atomic E-state index is -0.846. The van der Waals surface area contributed by atoms with Gasteiger partial charge in [-0.15, -0.1) is 5.10 Å². The van der Waals surface area contributed by atoms with Crippen molar-refractivity contribution in [1.29, 1.82) is 0 Å². The molecule has 2 N–H and O–H groups in total. The zero-order chi connectivity index (χ0) is 45.4. The molecule has 1 aromatic heterocycles. The van der Waals surface area contributed by atoms with E-state index in [0.717, 1.165) is 35.1 Å². The highest BCUT2D eigenvalue weighted by Gasteiger charge is 2.32. The van der Waals surface area contributed by atoms with Crippen molar-refractivity contribution in [2.45, 2.75) is 159 Å². The zero-order valence-electron chi connectivity index (χ0n) is 38.6. The fourth-order valence-electron chi connectivity index (χ4n) is 3.03. The Balaban J connectivity index is -0.000000185. The second-order valence-electron chi connectivity index (χ2n) is 13.3. The molecule has 0 radical (unpaired) electrons. The van der Waals surface area contributed by atoms with E-state index >= 15 is 0 Å². The molecular formula is C40H80N6O5S6. The Labute approximate surface area is 372 Å². The molecule has 11 nitrogen and oxygen atoms in total. The van der Waals surface area contributed by atoms with Crippen molar-refractivity contribution in [3.05, 3.63) is 23.5 Å². The van der Waals surface area contributed by atoms with Gasteiger partial charge in [-0.1, -0.05) is 144 Å². The Hall–Kier alpha value is -1.27. The van der Waals surface area contributed by atoms with E-state index in [9.17, 15) is 19.2 Å². The molecule has 0 aromatic carbocycles. The second-order valence-corrected chi connectivity index (χ2v) is 22.5. The molecule has 1 fully saturated rings. The van der Waals surface area contributed by atoms with Gasteiger partial charge in [0.15, 0.2) is 0 Å². The number of hydrogen-bond acceptors (Lipinski definition) is 13. The minimum Gasteiger partial charge on any atom is -0.478 e. The fraction of sp³-hybridized carbons (Fsp3) is 0.775. The SMILES string of the molecule is CC(=O)NN=C(C)C.CC1CC(=O)N(C)C1=O.CCCC(C)=CC(=O)O.CCCSSCC.CCSSC(C)(C)CC.CCSSC(C)CC.Cc1cn(C)nn1. The Morgan fingerprint density at radius 2 is 1.53 bits per heavy atom. The van der Waals surface area contributed by atoms with Crippen molar-refractivity contribution in [2.75, 3.05) is 30.1 Å². The van der Waals surface area contributed by atoms with Crippen LogP contribution < -0.4 is 5.43 Å². The summed E-state index contributed by atoms with van der Waals surface area (Å²) in [5, 5.41) is 20.1. The molecule has 1 aliphatic heterocycles. The van der Waals surface area contributed by atoms with E-state index in [1.54, 1.807) is 11.6 Å². The molecular weight excluding hydrogens is 837 g/mol. The maximum atomic E-state index is 10.8. The third kappa shape index (κ3) is 52.7. The number of carboxylic acid groups (broad SMARTS) is 1. The van der Waals surface area contributed by atoms with Gasteiger partial charge in [-0.05, 0) is 67.2 Å². The second kappa shape index (κ2) is 44.3. The molecule has 0 saturated carbocycles. The Morgan fingerprint density at radius 1 is 0.965 bits per heavy atom. The summed E-state index contributed by atoms with van der Waals surface area (Å²) in [5.41, 5.74) is 5.04. The van der Waals surface area contributed by atoms with Crippen LogP contribution in [0.3, 0.4) is 0 Å². The van der Waals surface area contributed by atoms with Crippen molar-refractivity contribution >= 4 is 94.2 Å². The van der Waals surface area contributed by atoms with Gasteiger partial charge in [-0.3, -0.25) is 24.0 Å². The number of imide groups is 1. The predicted octanol–water partition coefficient (Wildman–Crippen LogP) is 12.0. The molecule has 2 unspecified atom stereocenters. The van der Waals surface area contributed by atoms with Crippen molar-refractivity contribution in [2.24, 2.45) is 18.1 Å². The van der Waals surface area contributed by atoms with Crippen LogP contribution in [0.5, 0.6) is 0 Å². The molecule has 57 heavy (non-hydrogen) atoms. The number of nitrogens with one attached hydrogen (secondary N) is 1. The number of carboxylic acids is 1. The third-order valence-corrected chi connectivity index (χ3v) is 15.8. The monoisotopic (exact) mass is 916 g/mol. The van der Waals surface area contributed by atoms with E-state index in [2.05, 4.69) is 83.2 Å². The molecule has 17 heteroatoms. The van der Waals surface area contributed by atoms with Crippen molar-refractivity contribution < 1.29 is 24.3 Å². The molecule has 2 rings (SSSR count). The molecule has 2 heterocycles. The molecule has 2 atom stereocenters. The highest BCUT2D eigenvalue weighted by Crippen LogP contribution is 2.37. The predicted molar refractivity (Wildman–Crippen MR) is 263 cm³/mol. The fourth-order valence-corrected chi connectivity index (χ4v) is 9.07. The largest absolute Gasteiger partial charge is 0.478 e. The number of carbonyl (C=O) groups is 4. The lowest BCUT2D eigenvalue weighted by molar-refractivity contribution is -0.137. The summed E-state index contributed by atoms with van der Waals surface area (Å²) in [5.74, 6) is 3.80. The van der Waals surface area contributed by atoms with Crippen molar-refractivity contribution in [1.82, 2.24) is 25.3 Å². The average molecular weight is 918 g/mol. The number of carbonyl (C=O) groups excluding carboxylic acids is 3. The molecule has 1 aliphatic rings. The summed E-state index contributed by atoms with van der Waals surface area (Å²) < 4.78 is 2.15. The lowest BCUT2D eigenvalue weighted by atomic mass is 10.1. The van der Waals surface area contributed by atoms with Crippen LogP contribution in [0.2, 0.25) is 0 Å². The number of likely N-dealkylation sites (tertiary alicyclic amines) is 1. The molecule has 0 bridgehead atoms. The van der Waals surface area contributed by atoms with E-state index in [1.807, 2.05) is 113 Å². The van der Waals surface area contributed by atoms with E-state index in [-0.39, 0.29) is 23.6 Å². The van der Waals surface area contributed by atoms with Crippen LogP contribution in [0.1, 0.15) is 148 Å². The topological polar surface area (TPSA) is 147 Å². The molecule has 3 amide bonds. The van der Waals surface area contributed by atoms with Gasteiger partial charge in [-0.25, -0.2) is 10.2 Å². The quantitative estimate of drug-likeness (QED) is 0.0405. The number of nitrogens with zero attached hydrogens (tertiary/aromatic N) is 5. The lowest BCUT2D eigenvalue weighted by Crippen LogP contribution is -2.24. The van der Waals surface area contributed by atoms with Gasteiger partial charge in [0.1, 0.15) is 0 Å². The minimum absolute atomic E-state index is 0.0556. The Morgan fingerprint density at radius 3 is 1.79 bits per heavy atom. The van der Waals surface area contributed by atoms with Crippen LogP contribution in [0, 0.1) is 12.8 Å². The van der Waals surface area contributed by atoms with E-state index in [0.29, 0.717) is 11.2 Å². The number of aromatic nitrogens is 3. The normalized spacial score (nSPS) is 13.5. The number of rotatable bonds is 16. The number of amides is 3. The number of aryl methyl sites for hydroxylation is 2. The molecule has 0 spiro atoms. The Kier molecular flexibility index (Phi) is 50.4. The van der Waals surface area contributed by atoms with E-state index in [1.165, 1.54) is 67.2 Å². The molecule has 1 saturated heterocycles. The smallest absolute Gasteiger partial charge is 0.328 e. The van der Waals surface area contributed by atoms with Crippen LogP contribution in [0.15, 0.2) is 22.9 Å². The van der Waals surface area contributed by atoms with Gasteiger partial charge < -0.3 is 5.11 Å². The van der Waals surface area contributed by atoms with E-state index < -0.39 is 5.97 Å². The third-order valence-electron chi connectivity index (χ3n) is 6.44. The van der Waals surface area contributed by atoms with Crippen LogP contribution in [0.25, 0.3) is 0 Å². The van der Waals surface area contributed by atoms with Gasteiger partial charge in [0, 0.05) is 84.4 Å². The highest BCUT2D eigenvalue weighted by atomic mass is 33.1. The molecule has 336 valence electrons. The zero-order valence-corrected chi connectivity index (χ0v) is 43.5. The highest BCUT2D eigenvalue weighted by molar-refractivity contribution is 8.77. The first-order chi connectivity index (χ1) is 26.5. The summed E-state index contributed by atoms with van der Waals surface area (Å²) in [7, 11) is 15.2. The maximum Gasteiger partial charge on any atom is 0.328 e. The number of hydrazone groups is 1. The van der Waals surface area contributed by atoms with Crippen LogP contribution in [-0.4, -0.2) is 94.5 Å². The summed E-state index contributed by atoms with van der Waals surface area (Å²) in [6, 6.07) is 0. The summed E-state index contributed by atoms with van der Waals surface area (Å²) >= 11 is 0. The maximum absolute atomic E-state index is 10.8. The number of aliphatic carboxylic acids is 1. The molecule has 0 aliphatic carbocycles. The van der Waals surface area contributed by atoms with Crippen LogP contribution in [-0.2, 0) is 26.2 Å². The van der Waals surface area contributed by atoms with Gasteiger partial charge in [-0.2, -0.15) is 5.10 Å². The first-order valence-electron chi connectivity index (χ1n) is 19.7. The molecule has 1 aromatic rings. The Bertz CT molecular complexity index is 1190. The van der Waals surface area contributed by atoms with Crippen LogP contribution in [0.4, 0.5) is 0 Å². The van der Waals surface area contributed by atoms with Gasteiger partial charge in [0.05, 0.1) is 5.69 Å². The lowest BCUT2D eigenvalue weighted by Gasteiger charge is -2.19. The van der Waals surface area contributed by atoms with Crippen molar-refractivity contribution in [3.8, 4) is 0 Å². The summed E-state index contributed by atoms with van der Waals surface area (Å²) in [6.07, 6.45) is 9.24. The average Bonchev–Trinajstić information content (AvgIpc) is 3.64. The van der Waals surface area contributed by atoms with Gasteiger partial charge in [0.25, 0.3) is 0 Å².